The molecule has 0 radical (unpaired) electrons. The van der Waals surface area contributed by atoms with Gasteiger partial charge in [-0.25, -0.2) is 8.42 Å². The van der Waals surface area contributed by atoms with Gasteiger partial charge in [-0.15, -0.1) is 0 Å². The number of para-hydroxylation sites is 1. The van der Waals surface area contributed by atoms with E-state index in [9.17, 15) is 18.0 Å². The van der Waals surface area contributed by atoms with Crippen LogP contribution in [0.4, 0.5) is 11.4 Å². The summed E-state index contributed by atoms with van der Waals surface area (Å²) in [5.74, 6) is -0.526. The van der Waals surface area contributed by atoms with Crippen LogP contribution in [0.2, 0.25) is 0 Å². The lowest BCUT2D eigenvalue weighted by atomic mass is 10.1. The lowest BCUT2D eigenvalue weighted by Crippen LogP contribution is -2.28. The predicted octanol–water partition coefficient (Wildman–Crippen LogP) is 5.05. The third-order valence-electron chi connectivity index (χ3n) is 5.30. The van der Waals surface area contributed by atoms with E-state index in [1.807, 2.05) is 33.8 Å². The van der Waals surface area contributed by atoms with E-state index in [1.54, 1.807) is 55.5 Å². The number of hydrogen-bond acceptors (Lipinski definition) is 4. The lowest BCUT2D eigenvalue weighted by molar-refractivity contribution is 0.0950. The van der Waals surface area contributed by atoms with Gasteiger partial charge in [0.05, 0.1) is 16.1 Å². The van der Waals surface area contributed by atoms with Crippen LogP contribution < -0.4 is 15.4 Å². The Balaban J connectivity index is 1.86. The smallest absolute Gasteiger partial charge is 0.262 e. The molecule has 0 bridgehead atoms. The van der Waals surface area contributed by atoms with Gasteiger partial charge in [0.15, 0.2) is 0 Å². The molecule has 0 aliphatic rings. The minimum Gasteiger partial charge on any atom is -0.352 e. The first-order valence-electron chi connectivity index (χ1n) is 11.4. The van der Waals surface area contributed by atoms with Crippen LogP contribution in [0.3, 0.4) is 0 Å². The summed E-state index contributed by atoms with van der Waals surface area (Å²) in [5, 5.41) is 5.58. The predicted molar refractivity (Wildman–Crippen MR) is 139 cm³/mol. The molecule has 0 aliphatic heterocycles. The van der Waals surface area contributed by atoms with Crippen molar-refractivity contribution in [1.29, 1.82) is 0 Å². The molecule has 0 aromatic heterocycles. The van der Waals surface area contributed by atoms with Crippen molar-refractivity contribution in [3.05, 3.63) is 88.5 Å². The summed E-state index contributed by atoms with van der Waals surface area (Å²) in [5.41, 5.74) is 3.67. The molecule has 0 spiro atoms. The van der Waals surface area contributed by atoms with E-state index in [2.05, 4.69) is 15.4 Å². The van der Waals surface area contributed by atoms with Crippen molar-refractivity contribution in [3.8, 4) is 0 Å². The summed E-state index contributed by atoms with van der Waals surface area (Å²) in [6.45, 7) is 9.95. The molecular weight excluding hydrogens is 462 g/mol. The molecule has 3 N–H and O–H groups in total. The van der Waals surface area contributed by atoms with Crippen molar-refractivity contribution in [3.63, 3.8) is 0 Å². The van der Waals surface area contributed by atoms with E-state index >= 15 is 0 Å². The van der Waals surface area contributed by atoms with Crippen LogP contribution in [0.15, 0.2) is 65.6 Å². The van der Waals surface area contributed by atoms with Gasteiger partial charge in [0.2, 0.25) is 0 Å². The zero-order valence-electron chi connectivity index (χ0n) is 20.6. The fourth-order valence-electron chi connectivity index (χ4n) is 3.65. The van der Waals surface area contributed by atoms with Crippen molar-refractivity contribution in [2.75, 3.05) is 16.6 Å². The zero-order chi connectivity index (χ0) is 25.8. The largest absolute Gasteiger partial charge is 0.352 e. The zero-order valence-corrected chi connectivity index (χ0v) is 21.4. The van der Waals surface area contributed by atoms with Crippen LogP contribution in [-0.4, -0.2) is 26.8 Å². The number of sulfonamides is 1. The average Bonchev–Trinajstić information content (AvgIpc) is 2.76. The Morgan fingerprint density at radius 2 is 1.51 bits per heavy atom. The molecule has 0 fully saturated rings. The molecule has 0 saturated carbocycles. The summed E-state index contributed by atoms with van der Waals surface area (Å²) in [4.78, 5) is 25.6. The minimum atomic E-state index is -3.94. The third kappa shape index (κ3) is 6.70. The van der Waals surface area contributed by atoms with E-state index in [1.165, 1.54) is 6.07 Å². The number of rotatable bonds is 8. The normalized spacial score (nSPS) is 11.3. The molecule has 0 heterocycles. The molecule has 0 aliphatic carbocycles. The number of carbonyl (C=O) groups is 2. The Labute approximate surface area is 207 Å². The fraction of sp³-hybridized carbons (Fsp3) is 0.259. The third-order valence-corrected chi connectivity index (χ3v) is 6.83. The summed E-state index contributed by atoms with van der Waals surface area (Å²) < 4.78 is 28.9. The van der Waals surface area contributed by atoms with Crippen molar-refractivity contribution in [2.24, 2.45) is 5.92 Å². The quantitative estimate of drug-likeness (QED) is 0.408. The Morgan fingerprint density at radius 3 is 2.17 bits per heavy atom. The van der Waals surface area contributed by atoms with Crippen molar-refractivity contribution in [2.45, 2.75) is 39.5 Å². The highest BCUT2D eigenvalue weighted by atomic mass is 32.2. The number of anilines is 2. The van der Waals surface area contributed by atoms with E-state index in [0.717, 1.165) is 11.1 Å². The van der Waals surface area contributed by atoms with Gasteiger partial charge < -0.3 is 10.6 Å². The Kier molecular flexibility index (Phi) is 7.96. The number of hydrogen-bond donors (Lipinski definition) is 3. The summed E-state index contributed by atoms with van der Waals surface area (Å²) in [6.07, 6.45) is 0. The van der Waals surface area contributed by atoms with Crippen LogP contribution in [0.5, 0.6) is 0 Å². The van der Waals surface area contributed by atoms with Crippen molar-refractivity contribution >= 4 is 33.2 Å². The van der Waals surface area contributed by atoms with Crippen LogP contribution in [0.25, 0.3) is 0 Å². The molecule has 0 saturated heterocycles. The maximum absolute atomic E-state index is 13.2. The first-order valence-corrected chi connectivity index (χ1v) is 12.8. The average molecular weight is 494 g/mol. The van der Waals surface area contributed by atoms with Gasteiger partial charge in [-0.1, -0.05) is 38.1 Å². The Hall–Kier alpha value is -3.65. The molecule has 2 amide bonds. The highest BCUT2D eigenvalue weighted by molar-refractivity contribution is 7.92. The molecule has 35 heavy (non-hydrogen) atoms. The molecular formula is C27H31N3O4S. The summed E-state index contributed by atoms with van der Waals surface area (Å²) >= 11 is 0. The van der Waals surface area contributed by atoms with Gasteiger partial charge in [0.1, 0.15) is 0 Å². The Morgan fingerprint density at radius 1 is 0.857 bits per heavy atom. The van der Waals surface area contributed by atoms with Crippen molar-refractivity contribution in [1.82, 2.24) is 5.32 Å². The van der Waals surface area contributed by atoms with Crippen LogP contribution in [0, 0.1) is 26.7 Å². The van der Waals surface area contributed by atoms with Gasteiger partial charge in [-0.3, -0.25) is 14.3 Å². The van der Waals surface area contributed by atoms with Gasteiger partial charge in [0, 0.05) is 17.8 Å². The number of amides is 2. The first-order chi connectivity index (χ1) is 16.5. The van der Waals surface area contributed by atoms with E-state index in [-0.39, 0.29) is 22.3 Å². The topological polar surface area (TPSA) is 104 Å². The second kappa shape index (κ2) is 10.7. The standard InChI is InChI=1S/C27H31N3O4S/c1-17(2)16-28-27(32)23-8-6-7-9-24(23)29-26(31)21-11-10-20(5)25(15-21)35(33,34)30-22-13-18(3)12-19(4)14-22/h6-15,17,30H,16H2,1-5H3,(H,28,32)(H,29,31). The molecule has 0 unspecified atom stereocenters. The molecule has 7 nitrogen and oxygen atoms in total. The highest BCUT2D eigenvalue weighted by Gasteiger charge is 2.21. The van der Waals surface area contributed by atoms with Crippen LogP contribution >= 0.6 is 0 Å². The Bertz CT molecular complexity index is 1340. The highest BCUT2D eigenvalue weighted by Crippen LogP contribution is 2.23. The molecule has 3 rings (SSSR count). The second-order valence-electron chi connectivity index (χ2n) is 9.07. The minimum absolute atomic E-state index is 0.00673. The van der Waals surface area contributed by atoms with Crippen LogP contribution in [0.1, 0.15) is 51.3 Å². The first kappa shape index (κ1) is 26.0. The number of benzene rings is 3. The monoisotopic (exact) mass is 493 g/mol. The van der Waals surface area contributed by atoms with Gasteiger partial charge in [0.25, 0.3) is 21.8 Å². The van der Waals surface area contributed by atoms with E-state index in [0.29, 0.717) is 29.0 Å². The number of nitrogens with one attached hydrogen (secondary N) is 3. The van der Waals surface area contributed by atoms with Crippen molar-refractivity contribution < 1.29 is 18.0 Å². The van der Waals surface area contributed by atoms with Gasteiger partial charge in [-0.05, 0) is 79.8 Å². The number of aryl methyl sites for hydroxylation is 3. The molecule has 3 aromatic carbocycles. The van der Waals surface area contributed by atoms with E-state index in [4.69, 9.17) is 0 Å². The second-order valence-corrected chi connectivity index (χ2v) is 10.7. The van der Waals surface area contributed by atoms with E-state index < -0.39 is 15.9 Å². The van der Waals surface area contributed by atoms with Gasteiger partial charge >= 0.3 is 0 Å². The molecule has 8 heteroatoms. The van der Waals surface area contributed by atoms with Gasteiger partial charge in [-0.2, -0.15) is 0 Å². The lowest BCUT2D eigenvalue weighted by Gasteiger charge is -2.14. The molecule has 184 valence electrons. The maximum Gasteiger partial charge on any atom is 0.262 e. The summed E-state index contributed by atoms with van der Waals surface area (Å²) in [6, 6.07) is 16.6. The molecule has 0 atom stereocenters. The van der Waals surface area contributed by atoms with Crippen LogP contribution in [-0.2, 0) is 10.0 Å². The fourth-order valence-corrected chi connectivity index (χ4v) is 4.96. The summed E-state index contributed by atoms with van der Waals surface area (Å²) in [7, 11) is -3.94. The molecule has 3 aromatic rings. The number of carbonyl (C=O) groups excluding carboxylic acids is 2. The maximum atomic E-state index is 13.2. The SMILES string of the molecule is Cc1cc(C)cc(NS(=O)(=O)c2cc(C(=O)Nc3ccccc3C(=O)NCC(C)C)ccc2C)c1.